The molecule has 0 aromatic heterocycles. The summed E-state index contributed by atoms with van der Waals surface area (Å²) in [4.78, 5) is 12.5. The summed E-state index contributed by atoms with van der Waals surface area (Å²) >= 11 is 0. The number of rotatable bonds is 6. The second-order valence-corrected chi connectivity index (χ2v) is 11.4. The van der Waals surface area contributed by atoms with Crippen LogP contribution in [0.4, 0.5) is 0 Å². The van der Waals surface area contributed by atoms with Gasteiger partial charge in [-0.05, 0) is 56.1 Å². The van der Waals surface area contributed by atoms with E-state index in [1.807, 2.05) is 24.3 Å². The molecule has 2 aromatic carbocycles. The van der Waals surface area contributed by atoms with Crippen molar-refractivity contribution >= 4 is 0 Å². The van der Waals surface area contributed by atoms with Crippen molar-refractivity contribution in [3.05, 3.63) is 54.6 Å². The second kappa shape index (κ2) is 9.19. The molecule has 7 rings (SSSR count). The number of para-hydroxylation sites is 1. The van der Waals surface area contributed by atoms with Gasteiger partial charge in [0.1, 0.15) is 23.6 Å². The highest BCUT2D eigenvalue weighted by molar-refractivity contribution is 5.70. The number of ether oxygens (including phenoxy) is 3. The Morgan fingerprint density at radius 1 is 0.886 bits per heavy atom. The zero-order valence-corrected chi connectivity index (χ0v) is 21.2. The highest BCUT2D eigenvalue weighted by atomic mass is 17.2. The Labute approximate surface area is 209 Å². The van der Waals surface area contributed by atoms with E-state index in [9.17, 15) is 0 Å². The summed E-state index contributed by atoms with van der Waals surface area (Å²) in [5.74, 6) is 2.61. The molecule has 0 amide bonds. The maximum absolute atomic E-state index is 6.72. The minimum Gasteiger partial charge on any atom is -0.491 e. The van der Waals surface area contributed by atoms with E-state index >= 15 is 0 Å². The first kappa shape index (κ1) is 23.5. The molecule has 3 heterocycles. The molecule has 0 radical (unpaired) electrons. The molecular formula is C30H38O5. The molecule has 2 aliphatic carbocycles. The Kier molecular flexibility index (Phi) is 6.16. The summed E-state index contributed by atoms with van der Waals surface area (Å²) in [6.07, 6.45) is 5.21. The first-order valence-corrected chi connectivity index (χ1v) is 13.4. The van der Waals surface area contributed by atoms with Crippen molar-refractivity contribution in [2.75, 3.05) is 13.2 Å². The van der Waals surface area contributed by atoms with Crippen LogP contribution in [-0.4, -0.2) is 36.8 Å². The lowest BCUT2D eigenvalue weighted by Crippen LogP contribution is -2.69. The predicted octanol–water partition coefficient (Wildman–Crippen LogP) is 6.42. The van der Waals surface area contributed by atoms with Crippen LogP contribution in [0, 0.1) is 23.7 Å². The standard InChI is InChI=1S/C30H38O5/c1-20-13-14-25-21(2)28(33-27-19-29(3)16-15-24(20)30(25,27)35-34-29)32-18-17-31-26-12-8-7-11-23(26)22-9-5-4-6-10-22/h4-12,20-21,24-25,27-28H,13-19H2,1-3H3/t20-,21-,24+,25+,27-,28+,29+,30-/m1/s1. The number of fused-ring (bicyclic) bond motifs is 2. The molecule has 3 aliphatic heterocycles. The third-order valence-corrected chi connectivity index (χ3v) is 9.23. The largest absolute Gasteiger partial charge is 0.491 e. The lowest BCUT2D eigenvalue weighted by molar-refractivity contribution is -0.495. The maximum Gasteiger partial charge on any atom is 0.161 e. The van der Waals surface area contributed by atoms with Gasteiger partial charge >= 0.3 is 0 Å². The molecule has 5 heteroatoms. The molecule has 1 spiro atoms. The first-order valence-electron chi connectivity index (χ1n) is 13.4. The molecule has 2 saturated carbocycles. The van der Waals surface area contributed by atoms with Crippen LogP contribution in [0.1, 0.15) is 52.9 Å². The van der Waals surface area contributed by atoms with E-state index in [0.717, 1.165) is 42.6 Å². The Morgan fingerprint density at radius 2 is 1.69 bits per heavy atom. The van der Waals surface area contributed by atoms with E-state index in [-0.39, 0.29) is 29.5 Å². The Balaban J connectivity index is 1.13. The van der Waals surface area contributed by atoms with Crippen LogP contribution in [0.15, 0.2) is 54.6 Å². The molecule has 5 nitrogen and oxygen atoms in total. The van der Waals surface area contributed by atoms with Crippen molar-refractivity contribution in [3.8, 4) is 16.9 Å². The summed E-state index contributed by atoms with van der Waals surface area (Å²) in [6.45, 7) is 7.79. The fraction of sp³-hybridized carbons (Fsp3) is 0.600. The average Bonchev–Trinajstić information content (AvgIpc) is 3.11. The topological polar surface area (TPSA) is 46.2 Å². The molecule has 5 aliphatic rings. The molecule has 8 atom stereocenters. The van der Waals surface area contributed by atoms with E-state index in [2.05, 4.69) is 51.1 Å². The van der Waals surface area contributed by atoms with Gasteiger partial charge in [0.25, 0.3) is 0 Å². The van der Waals surface area contributed by atoms with E-state index < -0.39 is 0 Å². The van der Waals surface area contributed by atoms with Crippen LogP contribution in [0.5, 0.6) is 5.75 Å². The smallest absolute Gasteiger partial charge is 0.161 e. The fourth-order valence-electron chi connectivity index (χ4n) is 7.38. The van der Waals surface area contributed by atoms with E-state index in [1.165, 1.54) is 6.42 Å². The highest BCUT2D eigenvalue weighted by Crippen LogP contribution is 2.61. The van der Waals surface area contributed by atoms with Crippen LogP contribution >= 0.6 is 0 Å². The van der Waals surface area contributed by atoms with Gasteiger partial charge in [-0.25, -0.2) is 9.78 Å². The molecule has 2 aromatic rings. The van der Waals surface area contributed by atoms with Gasteiger partial charge in [-0.1, -0.05) is 62.4 Å². The minimum absolute atomic E-state index is 0.0161. The number of benzene rings is 2. The lowest BCUT2D eigenvalue weighted by atomic mass is 9.56. The summed E-state index contributed by atoms with van der Waals surface area (Å²) in [6, 6.07) is 18.5. The molecular weight excluding hydrogens is 440 g/mol. The summed E-state index contributed by atoms with van der Waals surface area (Å²) in [7, 11) is 0. The summed E-state index contributed by atoms with van der Waals surface area (Å²) < 4.78 is 19.3. The van der Waals surface area contributed by atoms with Crippen molar-refractivity contribution in [2.45, 2.75) is 76.5 Å². The van der Waals surface area contributed by atoms with Crippen LogP contribution in [0.2, 0.25) is 0 Å². The van der Waals surface area contributed by atoms with Gasteiger partial charge in [0.2, 0.25) is 0 Å². The summed E-state index contributed by atoms with van der Waals surface area (Å²) in [5, 5.41) is 0. The second-order valence-electron chi connectivity index (χ2n) is 11.4. The molecule has 2 bridgehead atoms. The van der Waals surface area contributed by atoms with E-state index in [4.69, 9.17) is 24.0 Å². The van der Waals surface area contributed by atoms with Crippen molar-refractivity contribution in [1.82, 2.24) is 0 Å². The Bertz CT molecular complexity index is 1030. The molecule has 5 fully saturated rings. The van der Waals surface area contributed by atoms with Gasteiger partial charge in [-0.15, -0.1) is 0 Å². The normalized spacial score (nSPS) is 40.1. The van der Waals surface area contributed by atoms with E-state index in [0.29, 0.717) is 31.0 Å². The summed E-state index contributed by atoms with van der Waals surface area (Å²) in [5.41, 5.74) is 1.64. The SMILES string of the molecule is C[C@H]1[C@@H](OCCOc2ccccc2-c2ccccc2)O[C@@H]2C[C@]3(C)CC[C@H]4[C@H](C)CC[C@@H]1[C@@]24OO3. The average molecular weight is 479 g/mol. The number of hydrogen-bond donors (Lipinski definition) is 0. The highest BCUT2D eigenvalue weighted by Gasteiger charge is 2.68. The molecule has 188 valence electrons. The van der Waals surface area contributed by atoms with Crippen LogP contribution < -0.4 is 4.74 Å². The van der Waals surface area contributed by atoms with Crippen LogP contribution in [0.3, 0.4) is 0 Å². The van der Waals surface area contributed by atoms with Gasteiger partial charge in [0.15, 0.2) is 6.29 Å². The van der Waals surface area contributed by atoms with Crippen LogP contribution in [-0.2, 0) is 19.2 Å². The van der Waals surface area contributed by atoms with Gasteiger partial charge < -0.3 is 14.2 Å². The molecule has 35 heavy (non-hydrogen) atoms. The predicted molar refractivity (Wildman–Crippen MR) is 134 cm³/mol. The van der Waals surface area contributed by atoms with Crippen molar-refractivity contribution in [1.29, 1.82) is 0 Å². The Morgan fingerprint density at radius 3 is 2.54 bits per heavy atom. The maximum atomic E-state index is 6.72. The lowest BCUT2D eigenvalue weighted by Gasteiger charge is -2.61. The number of hydrogen-bond acceptors (Lipinski definition) is 5. The quantitative estimate of drug-likeness (QED) is 0.354. The third kappa shape index (κ3) is 4.01. The van der Waals surface area contributed by atoms with Crippen LogP contribution in [0.25, 0.3) is 11.1 Å². The van der Waals surface area contributed by atoms with Gasteiger partial charge in [0, 0.05) is 23.8 Å². The van der Waals surface area contributed by atoms with Gasteiger partial charge in [-0.2, -0.15) is 0 Å². The van der Waals surface area contributed by atoms with E-state index in [1.54, 1.807) is 0 Å². The fourth-order valence-corrected chi connectivity index (χ4v) is 7.38. The third-order valence-electron chi connectivity index (χ3n) is 9.23. The Hall–Kier alpha value is -1.92. The molecule has 0 N–H and O–H groups in total. The zero-order chi connectivity index (χ0) is 24.0. The minimum atomic E-state index is -0.335. The van der Waals surface area contributed by atoms with Crippen molar-refractivity contribution < 1.29 is 24.0 Å². The zero-order valence-electron chi connectivity index (χ0n) is 21.2. The van der Waals surface area contributed by atoms with Crippen molar-refractivity contribution in [2.24, 2.45) is 23.7 Å². The van der Waals surface area contributed by atoms with Gasteiger partial charge in [0.05, 0.1) is 12.7 Å². The monoisotopic (exact) mass is 478 g/mol. The first-order chi connectivity index (χ1) is 17.0. The molecule has 3 saturated heterocycles. The molecule has 0 unspecified atom stereocenters. The van der Waals surface area contributed by atoms with Crippen molar-refractivity contribution in [3.63, 3.8) is 0 Å². The van der Waals surface area contributed by atoms with Gasteiger partial charge in [-0.3, -0.25) is 0 Å².